The molecule has 0 saturated carbocycles. The van der Waals surface area contributed by atoms with E-state index >= 15 is 0 Å². The number of nitrogens with zero attached hydrogens (tertiary/aromatic N) is 2. The van der Waals surface area contributed by atoms with Crippen LogP contribution in [0.4, 0.5) is 0 Å². The van der Waals surface area contributed by atoms with Gasteiger partial charge in [-0.15, -0.1) is 0 Å². The molecule has 1 aliphatic heterocycles. The summed E-state index contributed by atoms with van der Waals surface area (Å²) < 4.78 is 5.28. The maximum absolute atomic E-state index is 10.2. The second-order valence-corrected chi connectivity index (χ2v) is 5.94. The lowest BCUT2D eigenvalue weighted by atomic mass is 10.1. The van der Waals surface area contributed by atoms with Gasteiger partial charge in [-0.25, -0.2) is 0 Å². The Morgan fingerprint density at radius 2 is 2.33 bits per heavy atom. The molecule has 0 radical (unpaired) electrons. The molecule has 3 rings (SSSR count). The number of likely N-dealkylation sites (tertiary alicyclic amines) is 1. The summed E-state index contributed by atoms with van der Waals surface area (Å²) in [7, 11) is 0. The van der Waals surface area contributed by atoms with E-state index in [0.29, 0.717) is 23.2 Å². The first-order valence-electron chi connectivity index (χ1n) is 7.28. The molecule has 4 nitrogen and oxygen atoms in total. The number of aliphatic hydroxyl groups is 1. The molecule has 2 aromatic heterocycles. The third kappa shape index (κ3) is 3.64. The normalized spacial score (nSPS) is 20.8. The number of halogens is 1. The van der Waals surface area contributed by atoms with Crippen LogP contribution >= 0.6 is 11.6 Å². The molecule has 0 aromatic carbocycles. The predicted molar refractivity (Wildman–Crippen MR) is 81.0 cm³/mol. The second kappa shape index (κ2) is 6.60. The van der Waals surface area contributed by atoms with E-state index in [4.69, 9.17) is 16.0 Å². The van der Waals surface area contributed by atoms with Crippen molar-refractivity contribution in [3.8, 4) is 0 Å². The molecule has 2 aromatic rings. The third-order valence-corrected chi connectivity index (χ3v) is 4.24. The van der Waals surface area contributed by atoms with Gasteiger partial charge in [0, 0.05) is 18.8 Å². The fourth-order valence-electron chi connectivity index (χ4n) is 2.93. The second-order valence-electron chi connectivity index (χ2n) is 5.50. The summed E-state index contributed by atoms with van der Waals surface area (Å²) in [4.78, 5) is 6.73. The van der Waals surface area contributed by atoms with Crippen molar-refractivity contribution < 1.29 is 9.52 Å². The molecule has 112 valence electrons. The molecule has 2 atom stereocenters. The van der Waals surface area contributed by atoms with Crippen LogP contribution in [0.5, 0.6) is 0 Å². The van der Waals surface area contributed by atoms with Crippen LogP contribution in [0.1, 0.15) is 36.8 Å². The summed E-state index contributed by atoms with van der Waals surface area (Å²) in [6.45, 7) is 1.84. The highest BCUT2D eigenvalue weighted by Crippen LogP contribution is 2.28. The molecule has 1 saturated heterocycles. The number of hydrogen-bond donors (Lipinski definition) is 1. The standard InChI is InChI=1S/C16H19ClN2O2/c17-12-5-6-13(18-10-12)11-19-7-1-3-14(19)9-15(20)16-4-2-8-21-16/h2,4-6,8,10,14-15,20H,1,3,7,9,11H2. The summed E-state index contributed by atoms with van der Waals surface area (Å²) in [6, 6.07) is 7.82. The zero-order chi connectivity index (χ0) is 14.7. The molecule has 2 unspecified atom stereocenters. The quantitative estimate of drug-likeness (QED) is 0.919. The van der Waals surface area contributed by atoms with Crippen LogP contribution < -0.4 is 0 Å². The highest BCUT2D eigenvalue weighted by Gasteiger charge is 2.28. The van der Waals surface area contributed by atoms with E-state index in [0.717, 1.165) is 31.6 Å². The summed E-state index contributed by atoms with van der Waals surface area (Å²) in [5.74, 6) is 0.645. The minimum atomic E-state index is -0.538. The minimum absolute atomic E-state index is 0.363. The average Bonchev–Trinajstić information content (AvgIpc) is 3.14. The monoisotopic (exact) mass is 306 g/mol. The van der Waals surface area contributed by atoms with Gasteiger partial charge in [-0.1, -0.05) is 11.6 Å². The lowest BCUT2D eigenvalue weighted by Crippen LogP contribution is -2.30. The van der Waals surface area contributed by atoms with Gasteiger partial charge in [-0.3, -0.25) is 9.88 Å². The Morgan fingerprint density at radius 3 is 3.05 bits per heavy atom. The first-order valence-corrected chi connectivity index (χ1v) is 7.66. The highest BCUT2D eigenvalue weighted by atomic mass is 35.5. The van der Waals surface area contributed by atoms with Crippen LogP contribution in [0.25, 0.3) is 0 Å². The van der Waals surface area contributed by atoms with Crippen LogP contribution in [0.2, 0.25) is 5.02 Å². The molecule has 21 heavy (non-hydrogen) atoms. The summed E-state index contributed by atoms with van der Waals surface area (Å²) in [5.41, 5.74) is 1.01. The van der Waals surface area contributed by atoms with Crippen molar-refractivity contribution in [2.45, 2.75) is 38.0 Å². The van der Waals surface area contributed by atoms with Gasteiger partial charge in [-0.05, 0) is 50.1 Å². The Hall–Kier alpha value is -1.36. The number of aliphatic hydroxyl groups excluding tert-OH is 1. The van der Waals surface area contributed by atoms with Gasteiger partial charge in [0.05, 0.1) is 17.0 Å². The first-order chi connectivity index (χ1) is 10.2. The van der Waals surface area contributed by atoms with Gasteiger partial charge in [0.25, 0.3) is 0 Å². The molecule has 1 fully saturated rings. The molecule has 0 bridgehead atoms. The van der Waals surface area contributed by atoms with Crippen molar-refractivity contribution in [2.24, 2.45) is 0 Å². The largest absolute Gasteiger partial charge is 0.467 e. The molecular formula is C16H19ClN2O2. The third-order valence-electron chi connectivity index (χ3n) is 4.02. The molecule has 0 aliphatic carbocycles. The van der Waals surface area contributed by atoms with Crippen molar-refractivity contribution in [1.82, 2.24) is 9.88 Å². The molecule has 3 heterocycles. The maximum Gasteiger partial charge on any atom is 0.132 e. The van der Waals surface area contributed by atoms with Gasteiger partial charge in [-0.2, -0.15) is 0 Å². The van der Waals surface area contributed by atoms with E-state index in [1.807, 2.05) is 24.3 Å². The molecule has 5 heteroatoms. The van der Waals surface area contributed by atoms with Crippen molar-refractivity contribution in [2.75, 3.05) is 6.54 Å². The van der Waals surface area contributed by atoms with Crippen LogP contribution in [0.15, 0.2) is 41.1 Å². The first kappa shape index (κ1) is 14.6. The highest BCUT2D eigenvalue weighted by molar-refractivity contribution is 6.30. The maximum atomic E-state index is 10.2. The lowest BCUT2D eigenvalue weighted by molar-refractivity contribution is 0.0991. The zero-order valence-corrected chi connectivity index (χ0v) is 12.5. The SMILES string of the molecule is OC(CC1CCCN1Cc1ccc(Cl)cn1)c1ccco1. The smallest absolute Gasteiger partial charge is 0.132 e. The van der Waals surface area contributed by atoms with E-state index in [1.165, 1.54) is 0 Å². The Bertz CT molecular complexity index is 556. The molecule has 0 amide bonds. The number of pyridine rings is 1. The number of aromatic nitrogens is 1. The minimum Gasteiger partial charge on any atom is -0.467 e. The van der Waals surface area contributed by atoms with Crippen molar-refractivity contribution in [3.63, 3.8) is 0 Å². The van der Waals surface area contributed by atoms with Crippen molar-refractivity contribution in [1.29, 1.82) is 0 Å². The van der Waals surface area contributed by atoms with Crippen LogP contribution in [0, 0.1) is 0 Å². The topological polar surface area (TPSA) is 49.5 Å². The van der Waals surface area contributed by atoms with E-state index < -0.39 is 6.10 Å². The predicted octanol–water partition coefficient (Wildman–Crippen LogP) is 3.42. The van der Waals surface area contributed by atoms with Gasteiger partial charge < -0.3 is 9.52 Å². The van der Waals surface area contributed by atoms with Gasteiger partial charge in [0.15, 0.2) is 0 Å². The Kier molecular flexibility index (Phi) is 4.58. The Labute approximate surface area is 129 Å². The number of rotatable bonds is 5. The van der Waals surface area contributed by atoms with E-state index in [2.05, 4.69) is 9.88 Å². The summed E-state index contributed by atoms with van der Waals surface area (Å²) in [6.07, 6.45) is 5.70. The van der Waals surface area contributed by atoms with E-state index in [1.54, 1.807) is 12.5 Å². The van der Waals surface area contributed by atoms with Crippen LogP contribution in [-0.2, 0) is 6.54 Å². The van der Waals surface area contributed by atoms with Crippen LogP contribution in [-0.4, -0.2) is 27.6 Å². The van der Waals surface area contributed by atoms with Gasteiger partial charge in [0.1, 0.15) is 11.9 Å². The molecule has 0 spiro atoms. The van der Waals surface area contributed by atoms with E-state index in [9.17, 15) is 5.11 Å². The number of furan rings is 1. The Balaban J connectivity index is 1.61. The van der Waals surface area contributed by atoms with Gasteiger partial charge in [0.2, 0.25) is 0 Å². The number of hydrogen-bond acceptors (Lipinski definition) is 4. The van der Waals surface area contributed by atoms with Crippen molar-refractivity contribution in [3.05, 3.63) is 53.2 Å². The van der Waals surface area contributed by atoms with Crippen LogP contribution in [0.3, 0.4) is 0 Å². The average molecular weight is 307 g/mol. The zero-order valence-electron chi connectivity index (χ0n) is 11.8. The summed E-state index contributed by atoms with van der Waals surface area (Å²) in [5, 5.41) is 10.9. The summed E-state index contributed by atoms with van der Waals surface area (Å²) >= 11 is 5.86. The molecule has 1 N–H and O–H groups in total. The molecular weight excluding hydrogens is 288 g/mol. The van der Waals surface area contributed by atoms with E-state index in [-0.39, 0.29) is 0 Å². The lowest BCUT2D eigenvalue weighted by Gasteiger charge is -2.25. The Morgan fingerprint density at radius 1 is 1.43 bits per heavy atom. The fraction of sp³-hybridized carbons (Fsp3) is 0.438. The molecule has 1 aliphatic rings. The van der Waals surface area contributed by atoms with Gasteiger partial charge >= 0.3 is 0 Å². The fourth-order valence-corrected chi connectivity index (χ4v) is 3.04. The van der Waals surface area contributed by atoms with Crippen molar-refractivity contribution >= 4 is 11.6 Å².